The maximum atomic E-state index is 12.1. The molecule has 0 atom stereocenters. The number of amides is 1. The van der Waals surface area contributed by atoms with Gasteiger partial charge in [-0.05, 0) is 42.5 Å². The molecule has 5 heteroatoms. The molecule has 0 bridgehead atoms. The first-order valence-electron chi connectivity index (χ1n) is 6.76. The van der Waals surface area contributed by atoms with Crippen LogP contribution in [0.1, 0.15) is 28.0 Å². The Morgan fingerprint density at radius 3 is 2.81 bits per heavy atom. The Morgan fingerprint density at radius 1 is 1.33 bits per heavy atom. The Bertz CT molecular complexity index is 728. The summed E-state index contributed by atoms with van der Waals surface area (Å²) in [6.07, 6.45) is 3.35. The second kappa shape index (κ2) is 5.88. The first-order valence-corrected chi connectivity index (χ1v) is 7.96. The minimum absolute atomic E-state index is 0.103. The van der Waals surface area contributed by atoms with E-state index in [1.807, 2.05) is 12.1 Å². The molecule has 1 aromatic heterocycles. The van der Waals surface area contributed by atoms with Gasteiger partial charge in [-0.15, -0.1) is 11.3 Å². The lowest BCUT2D eigenvalue weighted by Gasteiger charge is -2.04. The summed E-state index contributed by atoms with van der Waals surface area (Å²) >= 11 is 7.36. The summed E-state index contributed by atoms with van der Waals surface area (Å²) in [4.78, 5) is 13.4. The number of hydrogen-bond acceptors (Lipinski definition) is 3. The van der Waals surface area contributed by atoms with Gasteiger partial charge < -0.3 is 5.32 Å². The van der Waals surface area contributed by atoms with E-state index in [4.69, 9.17) is 11.6 Å². The number of fused-ring (bicyclic) bond motifs is 1. The van der Waals surface area contributed by atoms with Crippen molar-refractivity contribution < 1.29 is 4.79 Å². The zero-order chi connectivity index (χ0) is 14.8. The molecule has 0 aliphatic heterocycles. The van der Waals surface area contributed by atoms with E-state index in [2.05, 4.69) is 11.4 Å². The third kappa shape index (κ3) is 2.94. The smallest absolute Gasteiger partial charge is 0.229 e. The summed E-state index contributed by atoms with van der Waals surface area (Å²) in [6.45, 7) is 0. The van der Waals surface area contributed by atoms with Crippen molar-refractivity contribution in [2.75, 3.05) is 5.32 Å². The van der Waals surface area contributed by atoms with Gasteiger partial charge in [0.2, 0.25) is 5.91 Å². The van der Waals surface area contributed by atoms with E-state index in [0.29, 0.717) is 15.6 Å². The molecular weight excluding hydrogens is 304 g/mol. The zero-order valence-electron chi connectivity index (χ0n) is 11.3. The molecule has 0 saturated carbocycles. The van der Waals surface area contributed by atoms with Crippen molar-refractivity contribution >= 4 is 33.8 Å². The van der Waals surface area contributed by atoms with Gasteiger partial charge in [0.25, 0.3) is 0 Å². The lowest BCUT2D eigenvalue weighted by atomic mass is 10.1. The van der Waals surface area contributed by atoms with Gasteiger partial charge >= 0.3 is 0 Å². The number of nitriles is 1. The van der Waals surface area contributed by atoms with Gasteiger partial charge in [-0.25, -0.2) is 0 Å². The second-order valence-corrected chi connectivity index (χ2v) is 6.57. The quantitative estimate of drug-likeness (QED) is 0.932. The molecular formula is C16H13ClN2OS. The Hall–Kier alpha value is -1.83. The van der Waals surface area contributed by atoms with Gasteiger partial charge in [0, 0.05) is 9.90 Å². The summed E-state index contributed by atoms with van der Waals surface area (Å²) in [6, 6.07) is 9.44. The molecule has 1 heterocycles. The van der Waals surface area contributed by atoms with Crippen LogP contribution in [0.15, 0.2) is 24.3 Å². The first-order chi connectivity index (χ1) is 10.2. The topological polar surface area (TPSA) is 52.9 Å². The number of anilines is 1. The molecule has 1 aliphatic carbocycles. The van der Waals surface area contributed by atoms with Crippen LogP contribution in [0.25, 0.3) is 0 Å². The van der Waals surface area contributed by atoms with Crippen LogP contribution in [0, 0.1) is 11.3 Å². The van der Waals surface area contributed by atoms with E-state index in [-0.39, 0.29) is 12.3 Å². The van der Waals surface area contributed by atoms with E-state index in [0.717, 1.165) is 30.4 Å². The summed E-state index contributed by atoms with van der Waals surface area (Å²) in [5, 5.41) is 13.5. The van der Waals surface area contributed by atoms with Crippen LogP contribution in [-0.2, 0) is 24.1 Å². The molecule has 0 saturated heterocycles. The molecule has 0 unspecified atom stereocenters. The Morgan fingerprint density at radius 2 is 2.10 bits per heavy atom. The highest BCUT2D eigenvalue weighted by Crippen LogP contribution is 2.38. The number of thiophene rings is 1. The number of nitrogens with zero attached hydrogens (tertiary/aromatic N) is 1. The lowest BCUT2D eigenvalue weighted by Crippen LogP contribution is -2.14. The third-order valence-corrected chi connectivity index (χ3v) is 5.02. The number of aryl methyl sites for hydroxylation is 1. The van der Waals surface area contributed by atoms with Gasteiger partial charge in [0.1, 0.15) is 11.1 Å². The Labute approximate surface area is 132 Å². The average Bonchev–Trinajstić information content (AvgIpc) is 3.01. The number of carbonyl (C=O) groups is 1. The fourth-order valence-electron chi connectivity index (χ4n) is 2.57. The van der Waals surface area contributed by atoms with Crippen LogP contribution >= 0.6 is 22.9 Å². The number of nitrogens with one attached hydrogen (secondary N) is 1. The summed E-state index contributed by atoms with van der Waals surface area (Å²) in [7, 11) is 0. The minimum atomic E-state index is -0.103. The van der Waals surface area contributed by atoms with Crippen molar-refractivity contribution in [1.29, 1.82) is 5.26 Å². The number of carbonyl (C=O) groups excluding carboxylic acids is 1. The summed E-state index contributed by atoms with van der Waals surface area (Å²) < 4.78 is 0. The highest BCUT2D eigenvalue weighted by molar-refractivity contribution is 7.16. The van der Waals surface area contributed by atoms with E-state index in [1.54, 1.807) is 12.1 Å². The minimum Gasteiger partial charge on any atom is -0.316 e. The molecule has 0 radical (unpaired) electrons. The van der Waals surface area contributed by atoms with Gasteiger partial charge in [0.05, 0.1) is 12.0 Å². The van der Waals surface area contributed by atoms with E-state index in [9.17, 15) is 10.1 Å². The average molecular weight is 317 g/mol. The van der Waals surface area contributed by atoms with Crippen LogP contribution in [-0.4, -0.2) is 5.91 Å². The molecule has 0 spiro atoms. The predicted octanol–water partition coefficient (Wildman–Crippen LogP) is 3.94. The summed E-state index contributed by atoms with van der Waals surface area (Å²) in [5.74, 6) is -0.103. The van der Waals surface area contributed by atoms with E-state index in [1.165, 1.54) is 16.2 Å². The molecule has 2 aromatic rings. The highest BCUT2D eigenvalue weighted by atomic mass is 35.5. The van der Waals surface area contributed by atoms with Crippen molar-refractivity contribution in [3.8, 4) is 6.07 Å². The molecule has 106 valence electrons. The van der Waals surface area contributed by atoms with Crippen LogP contribution in [0.2, 0.25) is 5.02 Å². The van der Waals surface area contributed by atoms with Crippen molar-refractivity contribution in [2.24, 2.45) is 0 Å². The fraction of sp³-hybridized carbons (Fsp3) is 0.250. The maximum absolute atomic E-state index is 12.1. The molecule has 0 fully saturated rings. The molecule has 21 heavy (non-hydrogen) atoms. The standard InChI is InChI=1S/C16H13ClN2OS/c17-11-6-4-10(5-7-11)8-15(20)19-16-13(9-18)12-2-1-3-14(12)21-16/h4-7H,1-3,8H2,(H,19,20). The normalized spacial score (nSPS) is 12.8. The zero-order valence-corrected chi connectivity index (χ0v) is 12.9. The SMILES string of the molecule is N#Cc1c(NC(=O)Cc2ccc(Cl)cc2)sc2c1CCC2. The number of halogens is 1. The van der Waals surface area contributed by atoms with Gasteiger partial charge in [-0.1, -0.05) is 23.7 Å². The van der Waals surface area contributed by atoms with Gasteiger partial charge in [0.15, 0.2) is 0 Å². The van der Waals surface area contributed by atoms with Crippen LogP contribution < -0.4 is 5.32 Å². The van der Waals surface area contributed by atoms with Crippen LogP contribution in [0.4, 0.5) is 5.00 Å². The predicted molar refractivity (Wildman–Crippen MR) is 84.8 cm³/mol. The first kappa shape index (κ1) is 14.1. The van der Waals surface area contributed by atoms with E-state index < -0.39 is 0 Å². The van der Waals surface area contributed by atoms with Crippen LogP contribution in [0.5, 0.6) is 0 Å². The highest BCUT2D eigenvalue weighted by Gasteiger charge is 2.22. The number of rotatable bonds is 3. The largest absolute Gasteiger partial charge is 0.316 e. The van der Waals surface area contributed by atoms with Crippen molar-refractivity contribution in [3.63, 3.8) is 0 Å². The Kier molecular flexibility index (Phi) is 3.96. The second-order valence-electron chi connectivity index (χ2n) is 5.02. The molecule has 3 nitrogen and oxygen atoms in total. The van der Waals surface area contributed by atoms with Crippen molar-refractivity contribution in [1.82, 2.24) is 0 Å². The monoisotopic (exact) mass is 316 g/mol. The molecule has 1 amide bonds. The van der Waals surface area contributed by atoms with Gasteiger partial charge in [-0.3, -0.25) is 4.79 Å². The maximum Gasteiger partial charge on any atom is 0.229 e. The third-order valence-electron chi connectivity index (χ3n) is 3.56. The number of hydrogen-bond donors (Lipinski definition) is 1. The molecule has 3 rings (SSSR count). The fourth-order valence-corrected chi connectivity index (χ4v) is 3.95. The van der Waals surface area contributed by atoms with Gasteiger partial charge in [-0.2, -0.15) is 5.26 Å². The molecule has 1 aromatic carbocycles. The van der Waals surface area contributed by atoms with Crippen molar-refractivity contribution in [2.45, 2.75) is 25.7 Å². The summed E-state index contributed by atoms with van der Waals surface area (Å²) in [5.41, 5.74) is 2.68. The number of benzene rings is 1. The van der Waals surface area contributed by atoms with Crippen molar-refractivity contribution in [3.05, 3.63) is 50.9 Å². The van der Waals surface area contributed by atoms with Crippen LogP contribution in [0.3, 0.4) is 0 Å². The molecule has 1 aliphatic rings. The van der Waals surface area contributed by atoms with E-state index >= 15 is 0 Å². The lowest BCUT2D eigenvalue weighted by molar-refractivity contribution is -0.115. The Balaban J connectivity index is 1.73. The molecule has 1 N–H and O–H groups in total.